The number of urea groups is 1. The molecule has 8 nitrogen and oxygen atoms in total. The van der Waals surface area contributed by atoms with Crippen molar-refractivity contribution in [1.29, 1.82) is 0 Å². The second-order valence-corrected chi connectivity index (χ2v) is 8.88. The highest BCUT2D eigenvalue weighted by Gasteiger charge is 2.27. The number of hydrogen-bond acceptors (Lipinski definition) is 5. The van der Waals surface area contributed by atoms with Crippen LogP contribution in [-0.4, -0.2) is 34.1 Å². The Morgan fingerprint density at radius 3 is 2.49 bits per heavy atom. The van der Waals surface area contributed by atoms with Crippen molar-refractivity contribution in [3.63, 3.8) is 0 Å². The van der Waals surface area contributed by atoms with Crippen molar-refractivity contribution in [1.82, 2.24) is 14.5 Å². The van der Waals surface area contributed by atoms with Crippen LogP contribution in [0.5, 0.6) is 5.75 Å². The number of carbonyl (C=O) groups excluding carboxylic acids is 1. The molecule has 2 heterocycles. The van der Waals surface area contributed by atoms with Gasteiger partial charge in [0.05, 0.1) is 30.6 Å². The van der Waals surface area contributed by atoms with Crippen molar-refractivity contribution in [2.75, 3.05) is 24.3 Å². The lowest BCUT2D eigenvalue weighted by atomic mass is 10.1. The van der Waals surface area contributed by atoms with Crippen molar-refractivity contribution in [2.24, 2.45) is 0 Å². The van der Waals surface area contributed by atoms with Crippen LogP contribution in [0.2, 0.25) is 0 Å². The van der Waals surface area contributed by atoms with E-state index in [2.05, 4.69) is 15.6 Å². The predicted molar refractivity (Wildman–Crippen MR) is 140 cm³/mol. The Morgan fingerprint density at radius 1 is 1.00 bits per heavy atom. The maximum atomic E-state index is 14.9. The van der Waals surface area contributed by atoms with E-state index in [1.165, 1.54) is 29.2 Å². The summed E-state index contributed by atoms with van der Waals surface area (Å²) in [4.78, 5) is 32.6. The fourth-order valence-corrected chi connectivity index (χ4v) is 4.33. The number of amides is 2. The fourth-order valence-electron chi connectivity index (χ4n) is 4.33. The zero-order chi connectivity index (χ0) is 27.5. The van der Waals surface area contributed by atoms with Gasteiger partial charge in [0.1, 0.15) is 11.6 Å². The molecule has 1 aliphatic heterocycles. The zero-order valence-corrected chi connectivity index (χ0v) is 20.9. The molecule has 2 N–H and O–H groups in total. The normalized spacial score (nSPS) is 12.6. The molecular weight excluding hydrogens is 511 g/mol. The molecule has 4 aromatic rings. The summed E-state index contributed by atoms with van der Waals surface area (Å²) >= 11 is 0. The fraction of sp³-hybridized carbons (Fsp3) is 0.179. The van der Waals surface area contributed by atoms with Gasteiger partial charge in [0, 0.05) is 31.3 Å². The average Bonchev–Trinajstić information content (AvgIpc) is 2.94. The standard InChI is InChI=1S/C28H24F3N5O3/c1-39-19-9-6-17(7-10-19)15-32-27-34-24-12-13-35(28(38)33-18-8-11-21(29)23(31)14-18)16-20(24)26(37)36(27)25-5-3-2-4-22(25)30/h2-11,14H,12-13,15-16H2,1H3,(H,32,34)(H,33,38). The van der Waals surface area contributed by atoms with E-state index in [4.69, 9.17) is 4.74 Å². The SMILES string of the molecule is COc1ccc(CNc2nc3c(c(=O)n2-c2ccccc2F)CN(C(=O)Nc2ccc(F)c(F)c2)CC3)cc1. The highest BCUT2D eigenvalue weighted by Crippen LogP contribution is 2.23. The lowest BCUT2D eigenvalue weighted by Gasteiger charge is -2.29. The van der Waals surface area contributed by atoms with Gasteiger partial charge in [0.25, 0.3) is 5.56 Å². The summed E-state index contributed by atoms with van der Waals surface area (Å²) in [5.74, 6) is -1.87. The first-order chi connectivity index (χ1) is 18.8. The summed E-state index contributed by atoms with van der Waals surface area (Å²) in [5, 5.41) is 5.66. The van der Waals surface area contributed by atoms with Gasteiger partial charge in [-0.3, -0.25) is 4.79 Å². The molecule has 0 aliphatic carbocycles. The highest BCUT2D eigenvalue weighted by atomic mass is 19.2. The van der Waals surface area contributed by atoms with E-state index in [-0.39, 0.29) is 42.4 Å². The third-order valence-corrected chi connectivity index (χ3v) is 6.39. The summed E-state index contributed by atoms with van der Waals surface area (Å²) in [6, 6.07) is 15.6. The number of nitrogens with zero attached hydrogens (tertiary/aromatic N) is 3. The van der Waals surface area contributed by atoms with Gasteiger partial charge < -0.3 is 20.3 Å². The first kappa shape index (κ1) is 25.8. The first-order valence-electron chi connectivity index (χ1n) is 12.1. The number of methoxy groups -OCH3 is 1. The van der Waals surface area contributed by atoms with Crippen molar-refractivity contribution in [3.8, 4) is 11.4 Å². The number of carbonyl (C=O) groups is 1. The average molecular weight is 536 g/mol. The Kier molecular flexibility index (Phi) is 7.22. The summed E-state index contributed by atoms with van der Waals surface area (Å²) in [7, 11) is 1.57. The monoisotopic (exact) mass is 535 g/mol. The molecule has 1 aromatic heterocycles. The molecule has 11 heteroatoms. The first-order valence-corrected chi connectivity index (χ1v) is 12.1. The van der Waals surface area contributed by atoms with Crippen molar-refractivity contribution >= 4 is 17.7 Å². The van der Waals surface area contributed by atoms with Crippen molar-refractivity contribution in [2.45, 2.75) is 19.5 Å². The number of hydrogen-bond donors (Lipinski definition) is 2. The van der Waals surface area contributed by atoms with Gasteiger partial charge in [-0.2, -0.15) is 0 Å². The second-order valence-electron chi connectivity index (χ2n) is 8.88. The molecular formula is C28H24F3N5O3. The van der Waals surface area contributed by atoms with Crippen LogP contribution in [0, 0.1) is 17.5 Å². The summed E-state index contributed by atoms with van der Waals surface area (Å²) in [6.45, 7) is 0.451. The third-order valence-electron chi connectivity index (χ3n) is 6.39. The molecule has 39 heavy (non-hydrogen) atoms. The van der Waals surface area contributed by atoms with Gasteiger partial charge in [-0.1, -0.05) is 24.3 Å². The molecule has 0 spiro atoms. The lowest BCUT2D eigenvalue weighted by molar-refractivity contribution is 0.205. The van der Waals surface area contributed by atoms with Gasteiger partial charge in [0.15, 0.2) is 11.6 Å². The maximum Gasteiger partial charge on any atom is 0.322 e. The quantitative estimate of drug-likeness (QED) is 0.368. The Hall–Kier alpha value is -4.80. The van der Waals surface area contributed by atoms with Crippen LogP contribution in [0.1, 0.15) is 16.8 Å². The number of nitrogens with one attached hydrogen (secondary N) is 2. The molecule has 200 valence electrons. The van der Waals surface area contributed by atoms with Crippen LogP contribution in [0.4, 0.5) is 29.6 Å². The Bertz CT molecular complexity index is 1590. The van der Waals surface area contributed by atoms with E-state index in [9.17, 15) is 22.8 Å². The number of para-hydroxylation sites is 1. The lowest BCUT2D eigenvalue weighted by Crippen LogP contribution is -2.43. The Morgan fingerprint density at radius 2 is 1.77 bits per heavy atom. The van der Waals surface area contributed by atoms with Crippen LogP contribution >= 0.6 is 0 Å². The largest absolute Gasteiger partial charge is 0.497 e. The number of halogens is 3. The third kappa shape index (κ3) is 5.42. The molecule has 0 fully saturated rings. The topological polar surface area (TPSA) is 88.5 Å². The van der Waals surface area contributed by atoms with Gasteiger partial charge >= 0.3 is 6.03 Å². The minimum Gasteiger partial charge on any atom is -0.497 e. The molecule has 2 amide bonds. The van der Waals surface area contributed by atoms with Crippen molar-refractivity contribution < 1.29 is 22.7 Å². The number of benzene rings is 3. The summed E-state index contributed by atoms with van der Waals surface area (Å²) in [5.41, 5.74) is 1.18. The Labute approximate surface area is 221 Å². The zero-order valence-electron chi connectivity index (χ0n) is 20.9. The van der Waals surface area contributed by atoms with E-state index < -0.39 is 29.0 Å². The van der Waals surface area contributed by atoms with E-state index in [0.29, 0.717) is 18.0 Å². The summed E-state index contributed by atoms with van der Waals surface area (Å²) in [6.07, 6.45) is 0.269. The molecule has 0 radical (unpaired) electrons. The molecule has 0 saturated heterocycles. The number of ether oxygens (including phenoxy) is 1. The minimum atomic E-state index is -1.09. The summed E-state index contributed by atoms with van der Waals surface area (Å²) < 4.78 is 48.0. The molecule has 1 aliphatic rings. The van der Waals surface area contributed by atoms with Crippen LogP contribution in [0.15, 0.2) is 71.5 Å². The predicted octanol–water partition coefficient (Wildman–Crippen LogP) is 4.86. The van der Waals surface area contributed by atoms with Crippen LogP contribution < -0.4 is 20.9 Å². The number of fused-ring (bicyclic) bond motifs is 1. The highest BCUT2D eigenvalue weighted by molar-refractivity contribution is 5.89. The van der Waals surface area contributed by atoms with Crippen LogP contribution in [0.3, 0.4) is 0 Å². The Balaban J connectivity index is 1.45. The van der Waals surface area contributed by atoms with E-state index in [1.54, 1.807) is 25.3 Å². The number of rotatable bonds is 6. The molecule has 3 aromatic carbocycles. The second kappa shape index (κ2) is 10.9. The smallest absolute Gasteiger partial charge is 0.322 e. The van der Waals surface area contributed by atoms with Gasteiger partial charge in [-0.15, -0.1) is 0 Å². The number of anilines is 2. The molecule has 5 rings (SSSR count). The van der Waals surface area contributed by atoms with Crippen molar-refractivity contribution in [3.05, 3.63) is 111 Å². The molecule has 0 bridgehead atoms. The van der Waals surface area contributed by atoms with Gasteiger partial charge in [0.2, 0.25) is 5.95 Å². The van der Waals surface area contributed by atoms with Crippen LogP contribution in [0.25, 0.3) is 5.69 Å². The molecule has 0 unspecified atom stereocenters. The molecule has 0 saturated carbocycles. The van der Waals surface area contributed by atoms with E-state index in [0.717, 1.165) is 22.3 Å². The van der Waals surface area contributed by atoms with Crippen LogP contribution in [-0.2, 0) is 19.5 Å². The minimum absolute atomic E-state index is 0.0124. The van der Waals surface area contributed by atoms with E-state index in [1.807, 2.05) is 12.1 Å². The molecule has 0 atom stereocenters. The van der Waals surface area contributed by atoms with Gasteiger partial charge in [-0.25, -0.2) is 27.5 Å². The van der Waals surface area contributed by atoms with Gasteiger partial charge in [-0.05, 0) is 42.0 Å². The number of aromatic nitrogens is 2. The maximum absolute atomic E-state index is 14.9. The van der Waals surface area contributed by atoms with E-state index >= 15 is 0 Å².